The van der Waals surface area contributed by atoms with Crippen LogP contribution < -0.4 is 0 Å². The summed E-state index contributed by atoms with van der Waals surface area (Å²) in [7, 11) is 2.20. The number of nitrogens with zero attached hydrogens (tertiary/aromatic N) is 1. The number of likely N-dealkylation sites (N-methyl/N-ethyl adjacent to an activating group) is 1. The van der Waals surface area contributed by atoms with Gasteiger partial charge in [0.05, 0.1) is 5.56 Å². The van der Waals surface area contributed by atoms with Gasteiger partial charge in [0.1, 0.15) is 0 Å². The number of benzene rings is 2. The van der Waals surface area contributed by atoms with E-state index in [1.165, 1.54) is 46.0 Å². The number of fused-ring (bicyclic) bond motifs is 1. The fourth-order valence-corrected chi connectivity index (χ4v) is 5.07. The Morgan fingerprint density at radius 3 is 2.66 bits per heavy atom. The van der Waals surface area contributed by atoms with Gasteiger partial charge in [0.2, 0.25) is 0 Å². The molecule has 1 fully saturated rings. The van der Waals surface area contributed by atoms with E-state index in [-0.39, 0.29) is 0 Å². The highest BCUT2D eigenvalue weighted by Gasteiger charge is 2.28. The van der Waals surface area contributed by atoms with Gasteiger partial charge in [0, 0.05) is 23.6 Å². The van der Waals surface area contributed by atoms with Crippen LogP contribution in [0.1, 0.15) is 51.4 Å². The smallest absolute Gasteiger partial charge is 0.335 e. The average molecular weight is 391 g/mol. The summed E-state index contributed by atoms with van der Waals surface area (Å²) in [6.45, 7) is 6.53. The van der Waals surface area contributed by atoms with Crippen molar-refractivity contribution >= 4 is 16.9 Å². The lowest BCUT2D eigenvalue weighted by Crippen LogP contribution is -2.26. The van der Waals surface area contributed by atoms with E-state index in [2.05, 4.69) is 42.9 Å². The van der Waals surface area contributed by atoms with Crippen LogP contribution >= 0.6 is 0 Å². The summed E-state index contributed by atoms with van der Waals surface area (Å²) in [5, 5.41) is 10.6. The van der Waals surface area contributed by atoms with E-state index < -0.39 is 5.97 Å². The SMILES string of the molecule is Cc1cc(C)c2[nH]ccc2c1CC1CCCN(C)CC1c1ccc(C(=O)O)cc1. The van der Waals surface area contributed by atoms with Gasteiger partial charge in [0.25, 0.3) is 0 Å². The second kappa shape index (κ2) is 8.03. The molecule has 0 radical (unpaired) electrons. The number of aromatic carboxylic acids is 1. The Bertz CT molecular complexity index is 1020. The molecule has 2 aromatic carbocycles. The molecule has 29 heavy (non-hydrogen) atoms. The topological polar surface area (TPSA) is 56.3 Å². The van der Waals surface area contributed by atoms with Gasteiger partial charge in [-0.1, -0.05) is 18.2 Å². The molecular weight excluding hydrogens is 360 g/mol. The number of aryl methyl sites for hydroxylation is 2. The Morgan fingerprint density at radius 2 is 1.93 bits per heavy atom. The fourth-order valence-electron chi connectivity index (χ4n) is 5.07. The third-order valence-corrected chi connectivity index (χ3v) is 6.62. The monoisotopic (exact) mass is 390 g/mol. The average Bonchev–Trinajstić information content (AvgIpc) is 3.11. The number of hydrogen-bond donors (Lipinski definition) is 2. The maximum Gasteiger partial charge on any atom is 0.335 e. The van der Waals surface area contributed by atoms with Crippen molar-refractivity contribution in [2.45, 2.75) is 39.0 Å². The molecule has 2 heterocycles. The van der Waals surface area contributed by atoms with Crippen LogP contribution in [0.2, 0.25) is 0 Å². The number of carboxylic acids is 1. The van der Waals surface area contributed by atoms with Crippen LogP contribution in [-0.2, 0) is 6.42 Å². The van der Waals surface area contributed by atoms with E-state index in [4.69, 9.17) is 0 Å². The molecule has 0 amide bonds. The van der Waals surface area contributed by atoms with E-state index >= 15 is 0 Å². The van der Waals surface area contributed by atoms with Crippen molar-refractivity contribution in [3.63, 3.8) is 0 Å². The summed E-state index contributed by atoms with van der Waals surface area (Å²) in [5.74, 6) is 0.0754. The number of nitrogens with one attached hydrogen (secondary N) is 1. The van der Waals surface area contributed by atoms with Crippen LogP contribution in [0.25, 0.3) is 10.9 Å². The molecule has 2 atom stereocenters. The zero-order chi connectivity index (χ0) is 20.5. The van der Waals surface area contributed by atoms with Gasteiger partial charge < -0.3 is 15.0 Å². The van der Waals surface area contributed by atoms with Crippen molar-refractivity contribution in [1.29, 1.82) is 0 Å². The van der Waals surface area contributed by atoms with Gasteiger partial charge in [-0.2, -0.15) is 0 Å². The molecule has 1 aromatic heterocycles. The third-order valence-electron chi connectivity index (χ3n) is 6.62. The normalized spacial score (nSPS) is 20.7. The van der Waals surface area contributed by atoms with Crippen LogP contribution in [0.15, 0.2) is 42.6 Å². The Balaban J connectivity index is 1.70. The molecule has 1 aliphatic heterocycles. The van der Waals surface area contributed by atoms with Crippen LogP contribution in [0.4, 0.5) is 0 Å². The molecule has 4 heteroatoms. The Morgan fingerprint density at radius 1 is 1.17 bits per heavy atom. The number of rotatable bonds is 4. The first-order chi connectivity index (χ1) is 13.9. The Hall–Kier alpha value is -2.59. The lowest BCUT2D eigenvalue weighted by atomic mass is 9.78. The molecule has 0 saturated carbocycles. The van der Waals surface area contributed by atoms with Gasteiger partial charge in [-0.3, -0.25) is 0 Å². The largest absolute Gasteiger partial charge is 0.478 e. The Kier molecular flexibility index (Phi) is 5.46. The molecule has 0 bridgehead atoms. The van der Waals surface area contributed by atoms with Crippen LogP contribution in [0, 0.1) is 19.8 Å². The molecule has 4 rings (SSSR count). The molecule has 1 aliphatic rings. The first-order valence-corrected chi connectivity index (χ1v) is 10.5. The van der Waals surface area contributed by atoms with Crippen molar-refractivity contribution < 1.29 is 9.90 Å². The van der Waals surface area contributed by atoms with Gasteiger partial charge in [0.15, 0.2) is 0 Å². The number of likely N-dealkylation sites (tertiary alicyclic amines) is 1. The molecule has 2 unspecified atom stereocenters. The minimum Gasteiger partial charge on any atom is -0.478 e. The summed E-state index contributed by atoms with van der Waals surface area (Å²) in [4.78, 5) is 17.1. The molecular formula is C25H30N2O2. The van der Waals surface area contributed by atoms with Gasteiger partial charge in [-0.25, -0.2) is 4.79 Å². The van der Waals surface area contributed by atoms with E-state index in [0.29, 0.717) is 17.4 Å². The standard InChI is InChI=1S/C25H30N2O2/c1-16-13-17(2)24-21(10-11-26-24)22(16)14-20-5-4-12-27(3)15-23(20)18-6-8-19(9-7-18)25(28)29/h6-11,13,20,23,26H,4-5,12,14-15H2,1-3H3,(H,28,29). The fraction of sp³-hybridized carbons (Fsp3) is 0.400. The van der Waals surface area contributed by atoms with Crippen LogP contribution in [0.3, 0.4) is 0 Å². The van der Waals surface area contributed by atoms with E-state index in [1.54, 1.807) is 12.1 Å². The minimum absolute atomic E-state index is 0.357. The lowest BCUT2D eigenvalue weighted by Gasteiger charge is -2.28. The molecule has 4 nitrogen and oxygen atoms in total. The Labute approximate surface area is 172 Å². The predicted octanol–water partition coefficient (Wildman–Crippen LogP) is 5.15. The quantitative estimate of drug-likeness (QED) is 0.648. The molecule has 0 aliphatic carbocycles. The maximum absolute atomic E-state index is 11.3. The van der Waals surface area contributed by atoms with Crippen molar-refractivity contribution in [3.8, 4) is 0 Å². The summed E-state index contributed by atoms with van der Waals surface area (Å²) < 4.78 is 0. The summed E-state index contributed by atoms with van der Waals surface area (Å²) in [6.07, 6.45) is 5.49. The highest BCUT2D eigenvalue weighted by Crippen LogP contribution is 2.37. The molecule has 1 saturated heterocycles. The van der Waals surface area contributed by atoms with Crippen molar-refractivity contribution in [3.05, 3.63) is 70.4 Å². The van der Waals surface area contributed by atoms with Gasteiger partial charge in [-0.15, -0.1) is 0 Å². The van der Waals surface area contributed by atoms with Crippen molar-refractivity contribution in [2.24, 2.45) is 5.92 Å². The first kappa shape index (κ1) is 19.7. The zero-order valence-electron chi connectivity index (χ0n) is 17.5. The lowest BCUT2D eigenvalue weighted by molar-refractivity contribution is 0.0697. The van der Waals surface area contributed by atoms with Gasteiger partial charge >= 0.3 is 5.97 Å². The minimum atomic E-state index is -0.865. The number of carbonyl (C=O) groups is 1. The first-order valence-electron chi connectivity index (χ1n) is 10.5. The number of H-pyrrole nitrogens is 1. The summed E-state index contributed by atoms with van der Waals surface area (Å²) in [6, 6.07) is 12.1. The summed E-state index contributed by atoms with van der Waals surface area (Å²) in [5.41, 5.74) is 6.98. The molecule has 0 spiro atoms. The van der Waals surface area contributed by atoms with Crippen LogP contribution in [0.5, 0.6) is 0 Å². The molecule has 2 N–H and O–H groups in total. The number of aromatic amines is 1. The van der Waals surface area contributed by atoms with Crippen LogP contribution in [-0.4, -0.2) is 41.1 Å². The summed E-state index contributed by atoms with van der Waals surface area (Å²) >= 11 is 0. The highest BCUT2D eigenvalue weighted by molar-refractivity contribution is 5.88. The van der Waals surface area contributed by atoms with Crippen molar-refractivity contribution in [2.75, 3.05) is 20.1 Å². The zero-order valence-corrected chi connectivity index (χ0v) is 17.5. The second-order valence-corrected chi connectivity index (χ2v) is 8.66. The van der Waals surface area contributed by atoms with E-state index in [9.17, 15) is 9.90 Å². The number of aromatic nitrogens is 1. The predicted molar refractivity (Wildman–Crippen MR) is 118 cm³/mol. The molecule has 152 valence electrons. The molecule has 3 aromatic rings. The third kappa shape index (κ3) is 3.95. The maximum atomic E-state index is 11.3. The van der Waals surface area contributed by atoms with E-state index in [1.807, 2.05) is 18.3 Å². The van der Waals surface area contributed by atoms with Crippen molar-refractivity contribution in [1.82, 2.24) is 9.88 Å². The second-order valence-electron chi connectivity index (χ2n) is 8.66. The highest BCUT2D eigenvalue weighted by atomic mass is 16.4. The number of hydrogen-bond acceptors (Lipinski definition) is 2. The van der Waals surface area contributed by atoms with E-state index in [0.717, 1.165) is 19.5 Å². The van der Waals surface area contributed by atoms with Gasteiger partial charge in [-0.05, 0) is 99.0 Å². The number of carboxylic acid groups (broad SMARTS) is 1.